The number of benzene rings is 1. The Labute approximate surface area is 130 Å². The minimum Gasteiger partial charge on any atom is -0.381 e. The van der Waals surface area contributed by atoms with Crippen LogP contribution in [0.15, 0.2) is 24.3 Å². The third kappa shape index (κ3) is 6.62. The van der Waals surface area contributed by atoms with Crippen LogP contribution in [-0.4, -0.2) is 25.3 Å². The molecule has 2 heteroatoms. The molecule has 1 aliphatic rings. The molecule has 1 N–H and O–H groups in total. The van der Waals surface area contributed by atoms with Crippen LogP contribution in [0.25, 0.3) is 0 Å². The van der Waals surface area contributed by atoms with E-state index in [0.717, 1.165) is 32.1 Å². The standard InChI is InChI=1S/C19H31NO/c1-15-7-5-6-8-18(15)11-17(12-20-19(2,3)4)14-21-13-16-9-10-16/h5-8,16-17,20H,9-14H2,1-4H3. The van der Waals surface area contributed by atoms with Gasteiger partial charge in [0.15, 0.2) is 0 Å². The molecule has 0 spiro atoms. The summed E-state index contributed by atoms with van der Waals surface area (Å²) in [5.74, 6) is 1.39. The summed E-state index contributed by atoms with van der Waals surface area (Å²) < 4.78 is 5.96. The van der Waals surface area contributed by atoms with Crippen LogP contribution in [-0.2, 0) is 11.2 Å². The molecule has 0 bridgehead atoms. The second-order valence-corrected chi connectivity index (χ2v) is 7.61. The lowest BCUT2D eigenvalue weighted by Gasteiger charge is -2.26. The van der Waals surface area contributed by atoms with Crippen LogP contribution in [0.5, 0.6) is 0 Å². The summed E-state index contributed by atoms with van der Waals surface area (Å²) in [7, 11) is 0. The lowest BCUT2D eigenvalue weighted by molar-refractivity contribution is 0.0884. The van der Waals surface area contributed by atoms with Crippen molar-refractivity contribution in [2.24, 2.45) is 11.8 Å². The van der Waals surface area contributed by atoms with Crippen LogP contribution in [0, 0.1) is 18.8 Å². The summed E-state index contributed by atoms with van der Waals surface area (Å²) in [5, 5.41) is 3.64. The number of ether oxygens (including phenoxy) is 1. The predicted octanol–water partition coefficient (Wildman–Crippen LogP) is 3.97. The molecule has 0 aliphatic heterocycles. The molecule has 2 rings (SSSR count). The molecular formula is C19H31NO. The highest BCUT2D eigenvalue weighted by Gasteiger charge is 2.22. The topological polar surface area (TPSA) is 21.3 Å². The van der Waals surface area contributed by atoms with Crippen molar-refractivity contribution in [1.82, 2.24) is 5.32 Å². The Morgan fingerprint density at radius 2 is 1.95 bits per heavy atom. The first-order valence-corrected chi connectivity index (χ1v) is 8.31. The van der Waals surface area contributed by atoms with E-state index in [1.165, 1.54) is 24.0 Å². The highest BCUT2D eigenvalue weighted by Crippen LogP contribution is 2.29. The Kier molecular flexibility index (Phi) is 5.83. The Balaban J connectivity index is 1.87. The van der Waals surface area contributed by atoms with Crippen molar-refractivity contribution in [2.75, 3.05) is 19.8 Å². The first kappa shape index (κ1) is 16.5. The highest BCUT2D eigenvalue weighted by molar-refractivity contribution is 5.26. The summed E-state index contributed by atoms with van der Waals surface area (Å²) >= 11 is 0. The fourth-order valence-corrected chi connectivity index (χ4v) is 2.48. The van der Waals surface area contributed by atoms with Crippen LogP contribution >= 0.6 is 0 Å². The molecule has 1 aliphatic carbocycles. The van der Waals surface area contributed by atoms with Gasteiger partial charge >= 0.3 is 0 Å². The molecule has 1 saturated carbocycles. The van der Waals surface area contributed by atoms with Crippen LogP contribution < -0.4 is 5.32 Å². The van der Waals surface area contributed by atoms with E-state index in [1.54, 1.807) is 0 Å². The molecule has 0 saturated heterocycles. The summed E-state index contributed by atoms with van der Waals surface area (Å²) in [4.78, 5) is 0. The van der Waals surface area contributed by atoms with Crippen LogP contribution in [0.1, 0.15) is 44.7 Å². The van der Waals surface area contributed by atoms with E-state index in [2.05, 4.69) is 57.3 Å². The van der Waals surface area contributed by atoms with Gasteiger partial charge < -0.3 is 10.1 Å². The third-order valence-electron chi connectivity index (χ3n) is 4.09. The minimum absolute atomic E-state index is 0.167. The van der Waals surface area contributed by atoms with Crippen molar-refractivity contribution in [3.8, 4) is 0 Å². The van der Waals surface area contributed by atoms with Gasteiger partial charge in [-0.25, -0.2) is 0 Å². The smallest absolute Gasteiger partial charge is 0.0509 e. The fraction of sp³-hybridized carbons (Fsp3) is 0.684. The van der Waals surface area contributed by atoms with Gasteiger partial charge in [-0.15, -0.1) is 0 Å². The second-order valence-electron chi connectivity index (χ2n) is 7.61. The third-order valence-corrected chi connectivity index (χ3v) is 4.09. The average Bonchev–Trinajstić information content (AvgIpc) is 3.21. The summed E-state index contributed by atoms with van der Waals surface area (Å²) in [5.41, 5.74) is 3.01. The van der Waals surface area contributed by atoms with Gasteiger partial charge in [-0.2, -0.15) is 0 Å². The number of hydrogen-bond acceptors (Lipinski definition) is 2. The lowest BCUT2D eigenvalue weighted by Crippen LogP contribution is -2.40. The largest absolute Gasteiger partial charge is 0.381 e. The van der Waals surface area contributed by atoms with Crippen molar-refractivity contribution in [3.05, 3.63) is 35.4 Å². The van der Waals surface area contributed by atoms with Crippen LogP contribution in [0.4, 0.5) is 0 Å². The fourth-order valence-electron chi connectivity index (χ4n) is 2.48. The van der Waals surface area contributed by atoms with Crippen molar-refractivity contribution in [3.63, 3.8) is 0 Å². The summed E-state index contributed by atoms with van der Waals surface area (Å²) in [6.45, 7) is 11.7. The Bertz CT molecular complexity index is 431. The molecule has 1 unspecified atom stereocenters. The molecule has 0 amide bonds. The Hall–Kier alpha value is -0.860. The molecule has 0 radical (unpaired) electrons. The lowest BCUT2D eigenvalue weighted by atomic mass is 9.95. The zero-order valence-electron chi connectivity index (χ0n) is 14.1. The van der Waals surface area contributed by atoms with Crippen molar-refractivity contribution >= 4 is 0 Å². The van der Waals surface area contributed by atoms with E-state index in [0.29, 0.717) is 5.92 Å². The highest BCUT2D eigenvalue weighted by atomic mass is 16.5. The van der Waals surface area contributed by atoms with E-state index < -0.39 is 0 Å². The molecule has 21 heavy (non-hydrogen) atoms. The number of aryl methyl sites for hydroxylation is 1. The average molecular weight is 289 g/mol. The minimum atomic E-state index is 0.167. The summed E-state index contributed by atoms with van der Waals surface area (Å²) in [6.07, 6.45) is 3.83. The van der Waals surface area contributed by atoms with Gasteiger partial charge in [-0.05, 0) is 69.9 Å². The maximum absolute atomic E-state index is 5.96. The molecule has 1 atom stereocenters. The van der Waals surface area contributed by atoms with Crippen molar-refractivity contribution in [2.45, 2.75) is 52.5 Å². The van der Waals surface area contributed by atoms with E-state index in [4.69, 9.17) is 4.74 Å². The molecule has 0 aromatic heterocycles. The number of rotatable bonds is 8. The van der Waals surface area contributed by atoms with Gasteiger partial charge in [0.25, 0.3) is 0 Å². The van der Waals surface area contributed by atoms with Gasteiger partial charge in [0.1, 0.15) is 0 Å². The number of nitrogens with one attached hydrogen (secondary N) is 1. The normalized spacial score (nSPS) is 17.0. The maximum Gasteiger partial charge on any atom is 0.0509 e. The Morgan fingerprint density at radius 3 is 2.57 bits per heavy atom. The second kappa shape index (κ2) is 7.42. The zero-order chi connectivity index (χ0) is 15.3. The predicted molar refractivity (Wildman–Crippen MR) is 89.7 cm³/mol. The molecule has 118 valence electrons. The zero-order valence-corrected chi connectivity index (χ0v) is 14.1. The van der Waals surface area contributed by atoms with E-state index in [9.17, 15) is 0 Å². The van der Waals surface area contributed by atoms with Crippen molar-refractivity contribution < 1.29 is 4.74 Å². The van der Waals surface area contributed by atoms with E-state index in [-0.39, 0.29) is 5.54 Å². The molecule has 2 nitrogen and oxygen atoms in total. The monoisotopic (exact) mass is 289 g/mol. The first-order chi connectivity index (χ1) is 9.94. The van der Waals surface area contributed by atoms with E-state index >= 15 is 0 Å². The van der Waals surface area contributed by atoms with Gasteiger partial charge in [0.2, 0.25) is 0 Å². The van der Waals surface area contributed by atoms with Gasteiger partial charge in [-0.1, -0.05) is 24.3 Å². The molecule has 1 aromatic carbocycles. The van der Waals surface area contributed by atoms with Crippen molar-refractivity contribution in [1.29, 1.82) is 0 Å². The Morgan fingerprint density at radius 1 is 1.24 bits per heavy atom. The molecular weight excluding hydrogens is 258 g/mol. The van der Waals surface area contributed by atoms with Gasteiger partial charge in [0.05, 0.1) is 6.61 Å². The first-order valence-electron chi connectivity index (χ1n) is 8.31. The van der Waals surface area contributed by atoms with Crippen LogP contribution in [0.2, 0.25) is 0 Å². The SMILES string of the molecule is Cc1ccccc1CC(CNC(C)(C)C)COCC1CC1. The molecule has 1 fully saturated rings. The summed E-state index contributed by atoms with van der Waals surface area (Å²) in [6, 6.07) is 8.71. The molecule has 1 aromatic rings. The number of hydrogen-bond donors (Lipinski definition) is 1. The van der Waals surface area contributed by atoms with Crippen LogP contribution in [0.3, 0.4) is 0 Å². The van der Waals surface area contributed by atoms with Gasteiger partial charge in [0, 0.05) is 18.7 Å². The maximum atomic E-state index is 5.96. The van der Waals surface area contributed by atoms with E-state index in [1.807, 2.05) is 0 Å². The molecule has 0 heterocycles. The quantitative estimate of drug-likeness (QED) is 0.782. The van der Waals surface area contributed by atoms with Gasteiger partial charge in [-0.3, -0.25) is 0 Å².